The molecule has 0 saturated carbocycles. The van der Waals surface area contributed by atoms with Crippen molar-refractivity contribution in [2.24, 2.45) is 0 Å². The van der Waals surface area contributed by atoms with Gasteiger partial charge >= 0.3 is 5.97 Å². The number of hydrogen-bond acceptors (Lipinski definition) is 5. The van der Waals surface area contributed by atoms with Crippen molar-refractivity contribution >= 4 is 12.0 Å². The predicted octanol–water partition coefficient (Wildman–Crippen LogP) is 3.75. The van der Waals surface area contributed by atoms with E-state index in [1.165, 1.54) is 18.7 Å². The number of rotatable bonds is 7. The van der Waals surface area contributed by atoms with Gasteiger partial charge in [-0.2, -0.15) is 0 Å². The first-order chi connectivity index (χ1) is 13.6. The van der Waals surface area contributed by atoms with Gasteiger partial charge in [0.25, 0.3) is 0 Å². The highest BCUT2D eigenvalue weighted by atomic mass is 16.5. The van der Waals surface area contributed by atoms with Crippen LogP contribution in [0.2, 0.25) is 0 Å². The minimum atomic E-state index is -0.534. The lowest BCUT2D eigenvalue weighted by molar-refractivity contribution is -0.134. The Bertz CT molecular complexity index is 798. The van der Waals surface area contributed by atoms with Gasteiger partial charge in [-0.05, 0) is 54.3 Å². The smallest absolute Gasteiger partial charge is 0.330 e. The highest BCUT2D eigenvalue weighted by Crippen LogP contribution is 2.33. The molecule has 148 valence electrons. The average Bonchev–Trinajstić information content (AvgIpc) is 3.20. The van der Waals surface area contributed by atoms with Crippen LogP contribution in [0.15, 0.2) is 54.6 Å². The van der Waals surface area contributed by atoms with Crippen LogP contribution in [0.1, 0.15) is 41.7 Å². The SMILES string of the molecule is COC(=O)C=Cc1ccc([C@@H]2CCCN2CC(O)c2ccc(OC)cc2)cc1. The fourth-order valence-corrected chi connectivity index (χ4v) is 3.64. The summed E-state index contributed by atoms with van der Waals surface area (Å²) in [4.78, 5) is 13.6. The molecule has 28 heavy (non-hydrogen) atoms. The predicted molar refractivity (Wildman–Crippen MR) is 109 cm³/mol. The van der Waals surface area contributed by atoms with Crippen LogP contribution in [0.4, 0.5) is 0 Å². The molecule has 0 aliphatic carbocycles. The van der Waals surface area contributed by atoms with Crippen LogP contribution < -0.4 is 4.74 Å². The minimum absolute atomic E-state index is 0.298. The van der Waals surface area contributed by atoms with E-state index in [0.29, 0.717) is 12.6 Å². The highest BCUT2D eigenvalue weighted by molar-refractivity contribution is 5.86. The number of likely N-dealkylation sites (tertiary alicyclic amines) is 1. The number of carbonyl (C=O) groups excluding carboxylic acids is 1. The number of nitrogens with zero attached hydrogens (tertiary/aromatic N) is 1. The van der Waals surface area contributed by atoms with Crippen molar-refractivity contribution in [2.75, 3.05) is 27.3 Å². The summed E-state index contributed by atoms with van der Waals surface area (Å²) in [5.74, 6) is 0.426. The zero-order valence-electron chi connectivity index (χ0n) is 16.4. The Kier molecular flexibility index (Phi) is 6.85. The molecule has 1 unspecified atom stereocenters. The number of aliphatic hydroxyl groups is 1. The van der Waals surface area contributed by atoms with Crippen molar-refractivity contribution in [1.82, 2.24) is 4.90 Å². The number of benzene rings is 2. The Morgan fingerprint density at radius 1 is 1.18 bits per heavy atom. The summed E-state index contributed by atoms with van der Waals surface area (Å²) in [6.45, 7) is 1.57. The molecule has 1 fully saturated rings. The summed E-state index contributed by atoms with van der Waals surface area (Å²) >= 11 is 0. The molecule has 1 N–H and O–H groups in total. The second kappa shape index (κ2) is 9.53. The zero-order chi connectivity index (χ0) is 19.9. The lowest BCUT2D eigenvalue weighted by atomic mass is 10.0. The van der Waals surface area contributed by atoms with Crippen LogP contribution in [0.5, 0.6) is 5.75 Å². The molecule has 3 rings (SSSR count). The third-order valence-electron chi connectivity index (χ3n) is 5.21. The van der Waals surface area contributed by atoms with Crippen LogP contribution in [0, 0.1) is 0 Å². The number of ether oxygens (including phenoxy) is 2. The fourth-order valence-electron chi connectivity index (χ4n) is 3.64. The molecule has 1 heterocycles. The molecule has 5 heteroatoms. The second-order valence-electron chi connectivity index (χ2n) is 6.97. The van der Waals surface area contributed by atoms with Gasteiger partial charge in [0.05, 0.1) is 20.3 Å². The van der Waals surface area contributed by atoms with E-state index < -0.39 is 6.10 Å². The van der Waals surface area contributed by atoms with Crippen molar-refractivity contribution in [1.29, 1.82) is 0 Å². The van der Waals surface area contributed by atoms with Gasteiger partial charge in [-0.3, -0.25) is 4.90 Å². The summed E-state index contributed by atoms with van der Waals surface area (Å²) in [5.41, 5.74) is 3.08. The normalized spacial score (nSPS) is 18.3. The van der Waals surface area contributed by atoms with E-state index in [0.717, 1.165) is 36.3 Å². The highest BCUT2D eigenvalue weighted by Gasteiger charge is 2.27. The second-order valence-corrected chi connectivity index (χ2v) is 6.97. The topological polar surface area (TPSA) is 59.0 Å². The molecule has 0 radical (unpaired) electrons. The van der Waals surface area contributed by atoms with E-state index in [4.69, 9.17) is 4.74 Å². The molecule has 2 aromatic rings. The van der Waals surface area contributed by atoms with Crippen LogP contribution >= 0.6 is 0 Å². The van der Waals surface area contributed by atoms with Gasteiger partial charge in [0, 0.05) is 18.7 Å². The Morgan fingerprint density at radius 2 is 1.89 bits per heavy atom. The van der Waals surface area contributed by atoms with Gasteiger partial charge in [-0.25, -0.2) is 4.79 Å². The van der Waals surface area contributed by atoms with E-state index in [9.17, 15) is 9.90 Å². The van der Waals surface area contributed by atoms with Gasteiger partial charge in [-0.15, -0.1) is 0 Å². The van der Waals surface area contributed by atoms with Crippen molar-refractivity contribution in [3.63, 3.8) is 0 Å². The molecule has 1 saturated heterocycles. The van der Waals surface area contributed by atoms with Gasteiger partial charge in [0.15, 0.2) is 0 Å². The van der Waals surface area contributed by atoms with E-state index in [1.54, 1.807) is 13.2 Å². The Labute approximate surface area is 166 Å². The first-order valence-electron chi connectivity index (χ1n) is 9.52. The van der Waals surface area contributed by atoms with E-state index >= 15 is 0 Å². The molecule has 1 aliphatic rings. The molecular formula is C23H27NO4. The van der Waals surface area contributed by atoms with Crippen molar-refractivity contribution in [2.45, 2.75) is 25.0 Å². The van der Waals surface area contributed by atoms with Crippen molar-refractivity contribution < 1.29 is 19.4 Å². The zero-order valence-corrected chi connectivity index (χ0v) is 16.4. The lowest BCUT2D eigenvalue weighted by Crippen LogP contribution is -2.28. The van der Waals surface area contributed by atoms with Crippen LogP contribution in [0.3, 0.4) is 0 Å². The summed E-state index contributed by atoms with van der Waals surface area (Å²) in [5, 5.41) is 10.7. The van der Waals surface area contributed by atoms with Gasteiger partial charge in [-0.1, -0.05) is 36.4 Å². The number of aliphatic hydroxyl groups excluding tert-OH is 1. The molecule has 0 bridgehead atoms. The Hall–Kier alpha value is -2.63. The number of esters is 1. The Morgan fingerprint density at radius 3 is 2.54 bits per heavy atom. The third kappa shape index (κ3) is 5.00. The standard InChI is InChI=1S/C23H27NO4/c1-27-20-12-10-19(11-13-20)22(25)16-24-15-3-4-21(24)18-8-5-17(6-9-18)7-14-23(26)28-2/h5-14,21-22,25H,3-4,15-16H2,1-2H3/t21-,22?/m0/s1. The molecule has 2 aromatic carbocycles. The molecule has 0 aromatic heterocycles. The third-order valence-corrected chi connectivity index (χ3v) is 5.21. The maximum Gasteiger partial charge on any atom is 0.330 e. The fraction of sp³-hybridized carbons (Fsp3) is 0.348. The molecule has 1 aliphatic heterocycles. The monoisotopic (exact) mass is 381 g/mol. The molecule has 0 spiro atoms. The van der Waals surface area contributed by atoms with E-state index in [-0.39, 0.29) is 5.97 Å². The number of hydrogen-bond donors (Lipinski definition) is 1. The van der Waals surface area contributed by atoms with Crippen LogP contribution in [0.25, 0.3) is 6.08 Å². The number of carbonyl (C=O) groups is 1. The summed E-state index contributed by atoms with van der Waals surface area (Å²) in [7, 11) is 3.00. The Balaban J connectivity index is 1.65. The molecule has 5 nitrogen and oxygen atoms in total. The van der Waals surface area contributed by atoms with E-state index in [2.05, 4.69) is 21.8 Å². The van der Waals surface area contributed by atoms with Crippen molar-refractivity contribution in [3.8, 4) is 5.75 Å². The van der Waals surface area contributed by atoms with Gasteiger partial charge < -0.3 is 14.6 Å². The minimum Gasteiger partial charge on any atom is -0.497 e. The van der Waals surface area contributed by atoms with Gasteiger partial charge in [0.1, 0.15) is 5.75 Å². The van der Waals surface area contributed by atoms with E-state index in [1.807, 2.05) is 36.4 Å². The van der Waals surface area contributed by atoms with Crippen LogP contribution in [-0.2, 0) is 9.53 Å². The number of methoxy groups -OCH3 is 2. The maximum atomic E-state index is 11.2. The molecule has 2 atom stereocenters. The first-order valence-corrected chi connectivity index (χ1v) is 9.52. The summed E-state index contributed by atoms with van der Waals surface area (Å²) in [6.07, 6.45) is 4.82. The largest absolute Gasteiger partial charge is 0.497 e. The quantitative estimate of drug-likeness (QED) is 0.585. The summed E-state index contributed by atoms with van der Waals surface area (Å²) < 4.78 is 9.80. The van der Waals surface area contributed by atoms with Crippen LogP contribution in [-0.4, -0.2) is 43.3 Å². The lowest BCUT2D eigenvalue weighted by Gasteiger charge is -2.27. The average molecular weight is 381 g/mol. The molecule has 0 amide bonds. The number of β-amino-alcohol motifs (C(OH)–C–C–N with tert-alkyl or cyclic N) is 1. The molecular weight excluding hydrogens is 354 g/mol. The summed E-state index contributed by atoms with van der Waals surface area (Å²) in [6, 6.07) is 16.1. The maximum absolute atomic E-state index is 11.2. The van der Waals surface area contributed by atoms with Crippen molar-refractivity contribution in [3.05, 3.63) is 71.3 Å². The van der Waals surface area contributed by atoms with Gasteiger partial charge in [0.2, 0.25) is 0 Å². The first kappa shape index (κ1) is 20.1.